The van der Waals surface area contributed by atoms with Crippen molar-refractivity contribution in [1.29, 1.82) is 0 Å². The average Bonchev–Trinajstić information content (AvgIpc) is 2.82. The molecule has 0 heterocycles. The molecule has 0 aliphatic heterocycles. The third-order valence-corrected chi connectivity index (χ3v) is 4.95. The molecular weight excluding hydrogens is 228 g/mol. The van der Waals surface area contributed by atoms with Crippen LogP contribution >= 0.6 is 11.8 Å². The molecule has 1 nitrogen and oxygen atoms in total. The quantitative estimate of drug-likeness (QED) is 0.744. The molecule has 2 rings (SSSR count). The predicted octanol–water partition coefficient (Wildman–Crippen LogP) is 4.16. The number of carbonyl (C=O) groups is 1. The lowest BCUT2D eigenvalue weighted by molar-refractivity contribution is 0.102. The van der Waals surface area contributed by atoms with Gasteiger partial charge in [0.1, 0.15) is 0 Å². The van der Waals surface area contributed by atoms with E-state index in [1.807, 2.05) is 30.0 Å². The van der Waals surface area contributed by atoms with Crippen LogP contribution in [0.5, 0.6) is 0 Å². The average molecular weight is 248 g/mol. The van der Waals surface area contributed by atoms with Gasteiger partial charge in [0.2, 0.25) is 0 Å². The molecule has 0 radical (unpaired) electrons. The van der Waals surface area contributed by atoms with Crippen LogP contribution in [0.25, 0.3) is 0 Å². The lowest BCUT2D eigenvalue weighted by Gasteiger charge is -2.08. The Bertz CT molecular complexity index is 405. The van der Waals surface area contributed by atoms with Gasteiger partial charge in [-0.3, -0.25) is 4.79 Å². The summed E-state index contributed by atoms with van der Waals surface area (Å²) >= 11 is 1.85. The molecule has 0 N–H and O–H groups in total. The minimum Gasteiger partial charge on any atom is -0.293 e. The standard InChI is InChI=1S/C15H20OS/c1-11-7-8-13(9-12(11)2)15(16)10-17-14-5-3-4-6-14/h7-9,14H,3-6,10H2,1-2H3. The molecule has 0 aromatic heterocycles. The monoisotopic (exact) mass is 248 g/mol. The third-order valence-electron chi connectivity index (χ3n) is 3.58. The van der Waals surface area contributed by atoms with E-state index in [2.05, 4.69) is 13.8 Å². The molecule has 0 spiro atoms. The maximum atomic E-state index is 12.0. The normalized spacial score (nSPS) is 16.4. The molecule has 1 aromatic carbocycles. The molecule has 0 bridgehead atoms. The molecule has 1 aliphatic carbocycles. The highest BCUT2D eigenvalue weighted by Gasteiger charge is 2.17. The first-order valence-corrected chi connectivity index (χ1v) is 7.44. The largest absolute Gasteiger partial charge is 0.293 e. The second-order valence-electron chi connectivity index (χ2n) is 4.94. The zero-order valence-electron chi connectivity index (χ0n) is 10.7. The first-order chi connectivity index (χ1) is 8.16. The van der Waals surface area contributed by atoms with E-state index in [4.69, 9.17) is 0 Å². The van der Waals surface area contributed by atoms with Gasteiger partial charge in [-0.2, -0.15) is 11.8 Å². The highest BCUT2D eigenvalue weighted by Crippen LogP contribution is 2.29. The predicted molar refractivity (Wildman–Crippen MR) is 75.0 cm³/mol. The van der Waals surface area contributed by atoms with Crippen LogP contribution in [-0.4, -0.2) is 16.8 Å². The van der Waals surface area contributed by atoms with Gasteiger partial charge in [-0.1, -0.05) is 25.0 Å². The van der Waals surface area contributed by atoms with E-state index in [0.29, 0.717) is 5.75 Å². The van der Waals surface area contributed by atoms with Crippen LogP contribution in [0.4, 0.5) is 0 Å². The summed E-state index contributed by atoms with van der Waals surface area (Å²) in [5, 5.41) is 0.727. The molecule has 0 atom stereocenters. The van der Waals surface area contributed by atoms with Crippen molar-refractivity contribution in [3.8, 4) is 0 Å². The van der Waals surface area contributed by atoms with Crippen molar-refractivity contribution >= 4 is 17.5 Å². The van der Waals surface area contributed by atoms with E-state index < -0.39 is 0 Å². The van der Waals surface area contributed by atoms with Crippen molar-refractivity contribution < 1.29 is 4.79 Å². The van der Waals surface area contributed by atoms with Crippen LogP contribution in [0.15, 0.2) is 18.2 Å². The Balaban J connectivity index is 1.92. The molecule has 1 aromatic rings. The van der Waals surface area contributed by atoms with Crippen molar-refractivity contribution in [3.05, 3.63) is 34.9 Å². The number of hydrogen-bond acceptors (Lipinski definition) is 2. The number of aryl methyl sites for hydroxylation is 2. The lowest BCUT2D eigenvalue weighted by atomic mass is 10.0. The van der Waals surface area contributed by atoms with Crippen molar-refractivity contribution in [2.45, 2.75) is 44.8 Å². The fraction of sp³-hybridized carbons (Fsp3) is 0.533. The number of benzene rings is 1. The van der Waals surface area contributed by atoms with Gasteiger partial charge in [-0.05, 0) is 43.9 Å². The molecule has 92 valence electrons. The zero-order valence-corrected chi connectivity index (χ0v) is 11.5. The minimum absolute atomic E-state index is 0.282. The van der Waals surface area contributed by atoms with Crippen LogP contribution in [0, 0.1) is 13.8 Å². The Hall–Kier alpha value is -0.760. The van der Waals surface area contributed by atoms with Gasteiger partial charge in [0.05, 0.1) is 5.75 Å². The van der Waals surface area contributed by atoms with Gasteiger partial charge in [0, 0.05) is 10.8 Å². The number of ketones is 1. The number of thioether (sulfide) groups is 1. The highest BCUT2D eigenvalue weighted by atomic mass is 32.2. The molecule has 1 fully saturated rings. The highest BCUT2D eigenvalue weighted by molar-refractivity contribution is 8.00. The maximum Gasteiger partial charge on any atom is 0.172 e. The Morgan fingerprint density at radius 2 is 1.94 bits per heavy atom. The van der Waals surface area contributed by atoms with Crippen molar-refractivity contribution in [1.82, 2.24) is 0 Å². The van der Waals surface area contributed by atoms with Crippen LogP contribution in [0.3, 0.4) is 0 Å². The first-order valence-electron chi connectivity index (χ1n) is 6.39. The van der Waals surface area contributed by atoms with E-state index >= 15 is 0 Å². The second kappa shape index (κ2) is 5.72. The van der Waals surface area contributed by atoms with Gasteiger partial charge >= 0.3 is 0 Å². The summed E-state index contributed by atoms with van der Waals surface area (Å²) in [6.45, 7) is 4.15. The van der Waals surface area contributed by atoms with Crippen LogP contribution in [0.1, 0.15) is 47.2 Å². The molecule has 1 aliphatic rings. The zero-order chi connectivity index (χ0) is 12.3. The van der Waals surface area contributed by atoms with E-state index in [1.165, 1.54) is 36.8 Å². The van der Waals surface area contributed by atoms with Crippen LogP contribution in [-0.2, 0) is 0 Å². The van der Waals surface area contributed by atoms with Gasteiger partial charge in [0.25, 0.3) is 0 Å². The second-order valence-corrected chi connectivity index (χ2v) is 6.23. The van der Waals surface area contributed by atoms with Gasteiger partial charge in [-0.15, -0.1) is 0 Å². The van der Waals surface area contributed by atoms with E-state index in [0.717, 1.165) is 10.8 Å². The summed E-state index contributed by atoms with van der Waals surface area (Å²) in [6.07, 6.45) is 5.28. The van der Waals surface area contributed by atoms with E-state index in [-0.39, 0.29) is 5.78 Å². The molecule has 0 unspecified atom stereocenters. The van der Waals surface area contributed by atoms with Crippen molar-refractivity contribution in [2.24, 2.45) is 0 Å². The topological polar surface area (TPSA) is 17.1 Å². The number of rotatable bonds is 4. The van der Waals surface area contributed by atoms with Crippen LogP contribution in [0.2, 0.25) is 0 Å². The van der Waals surface area contributed by atoms with Crippen molar-refractivity contribution in [2.75, 3.05) is 5.75 Å². The smallest absolute Gasteiger partial charge is 0.172 e. The Morgan fingerprint density at radius 1 is 1.24 bits per heavy atom. The molecule has 1 saturated carbocycles. The fourth-order valence-corrected chi connectivity index (χ4v) is 3.47. The minimum atomic E-state index is 0.282. The fourth-order valence-electron chi connectivity index (χ4n) is 2.25. The molecular formula is C15H20OS. The Kier molecular flexibility index (Phi) is 4.27. The summed E-state index contributed by atoms with van der Waals surface area (Å²) in [7, 11) is 0. The Morgan fingerprint density at radius 3 is 2.59 bits per heavy atom. The lowest BCUT2D eigenvalue weighted by Crippen LogP contribution is -2.07. The Labute approximate surface area is 108 Å². The summed E-state index contributed by atoms with van der Waals surface area (Å²) in [6, 6.07) is 6.02. The maximum absolute atomic E-state index is 12.0. The van der Waals surface area contributed by atoms with E-state index in [9.17, 15) is 4.79 Å². The molecule has 17 heavy (non-hydrogen) atoms. The number of carbonyl (C=O) groups excluding carboxylic acids is 1. The summed E-state index contributed by atoms with van der Waals surface area (Å²) in [4.78, 5) is 12.0. The number of Topliss-reactive ketones (excluding diaryl/α,β-unsaturated/α-hetero) is 1. The first kappa shape index (κ1) is 12.7. The van der Waals surface area contributed by atoms with Gasteiger partial charge in [0.15, 0.2) is 5.78 Å². The summed E-state index contributed by atoms with van der Waals surface area (Å²) in [5.41, 5.74) is 3.34. The van der Waals surface area contributed by atoms with E-state index in [1.54, 1.807) is 0 Å². The molecule has 2 heteroatoms. The van der Waals surface area contributed by atoms with Crippen molar-refractivity contribution in [3.63, 3.8) is 0 Å². The third kappa shape index (κ3) is 3.35. The number of hydrogen-bond donors (Lipinski definition) is 0. The van der Waals surface area contributed by atoms with Gasteiger partial charge in [-0.25, -0.2) is 0 Å². The summed E-state index contributed by atoms with van der Waals surface area (Å²) < 4.78 is 0. The van der Waals surface area contributed by atoms with Gasteiger partial charge < -0.3 is 0 Å². The summed E-state index contributed by atoms with van der Waals surface area (Å²) in [5.74, 6) is 0.928. The van der Waals surface area contributed by atoms with Crippen LogP contribution < -0.4 is 0 Å². The molecule has 0 amide bonds. The SMILES string of the molecule is Cc1ccc(C(=O)CSC2CCCC2)cc1C. The molecule has 0 saturated heterocycles.